The number of ether oxygens (including phenoxy) is 3. The number of esters is 1. The van der Waals surface area contributed by atoms with Crippen LogP contribution < -0.4 is 19.5 Å². The summed E-state index contributed by atoms with van der Waals surface area (Å²) in [4.78, 5) is 24.9. The number of hydrogen-bond donors (Lipinski definition) is 1. The van der Waals surface area contributed by atoms with Crippen molar-refractivity contribution in [2.75, 3.05) is 13.2 Å². The average Bonchev–Trinajstić information content (AvgIpc) is 3.40. The lowest BCUT2D eigenvalue weighted by molar-refractivity contribution is -0.136. The molecule has 0 atom stereocenters. The number of aryl methyl sites for hydroxylation is 1. The van der Waals surface area contributed by atoms with Crippen LogP contribution in [0, 0.1) is 18.3 Å². The number of benzene rings is 2. The molecule has 0 saturated heterocycles. The number of nitriles is 1. The van der Waals surface area contributed by atoms with Gasteiger partial charge < -0.3 is 23.9 Å². The lowest BCUT2D eigenvalue weighted by Crippen LogP contribution is -2.23. The molecule has 0 aliphatic rings. The second-order valence-corrected chi connectivity index (χ2v) is 8.51. The van der Waals surface area contributed by atoms with Gasteiger partial charge in [-0.15, -0.1) is 0 Å². The molecule has 1 heterocycles. The molecule has 8 nitrogen and oxygen atoms in total. The van der Waals surface area contributed by atoms with E-state index in [9.17, 15) is 14.9 Å². The van der Waals surface area contributed by atoms with Crippen LogP contribution in [-0.2, 0) is 16.1 Å². The summed E-state index contributed by atoms with van der Waals surface area (Å²) in [7, 11) is 0. The molecule has 2 aromatic carbocycles. The lowest BCUT2D eigenvalue weighted by atomic mass is 9.98. The van der Waals surface area contributed by atoms with Gasteiger partial charge in [0.2, 0.25) is 0 Å². The number of carbonyl (C=O) groups excluding carboxylic acids is 2. The smallest absolute Gasteiger partial charge is 0.349 e. The molecule has 1 N–H and O–H groups in total. The largest absolute Gasteiger partial charge is 0.490 e. The quantitative estimate of drug-likeness (QED) is 0.164. The van der Waals surface area contributed by atoms with Crippen molar-refractivity contribution in [1.29, 1.82) is 5.26 Å². The molecule has 0 saturated carbocycles. The topological polar surface area (TPSA) is 111 Å². The highest BCUT2D eigenvalue weighted by atomic mass is 16.6. The fourth-order valence-corrected chi connectivity index (χ4v) is 3.64. The van der Waals surface area contributed by atoms with Crippen molar-refractivity contribution in [2.45, 2.75) is 40.2 Å². The molecule has 1 amide bonds. The molecular weight excluding hydrogens is 472 g/mol. The Morgan fingerprint density at radius 2 is 1.92 bits per heavy atom. The van der Waals surface area contributed by atoms with Gasteiger partial charge in [0.1, 0.15) is 23.2 Å². The van der Waals surface area contributed by atoms with Gasteiger partial charge in [-0.05, 0) is 78.9 Å². The van der Waals surface area contributed by atoms with Crippen LogP contribution in [0.25, 0.3) is 6.08 Å². The van der Waals surface area contributed by atoms with Gasteiger partial charge in [-0.3, -0.25) is 4.79 Å². The van der Waals surface area contributed by atoms with Crippen molar-refractivity contribution in [3.05, 3.63) is 82.8 Å². The molecule has 192 valence electrons. The third kappa shape index (κ3) is 7.74. The Labute approximate surface area is 216 Å². The summed E-state index contributed by atoms with van der Waals surface area (Å²) >= 11 is 0. The summed E-state index contributed by atoms with van der Waals surface area (Å²) in [5.74, 6) is 0.927. The van der Waals surface area contributed by atoms with Gasteiger partial charge in [-0.2, -0.15) is 5.26 Å². The average molecular weight is 503 g/mol. The zero-order valence-electron chi connectivity index (χ0n) is 21.4. The second-order valence-electron chi connectivity index (χ2n) is 8.51. The summed E-state index contributed by atoms with van der Waals surface area (Å²) in [6, 6.07) is 15.8. The van der Waals surface area contributed by atoms with Crippen molar-refractivity contribution in [3.63, 3.8) is 0 Å². The second kappa shape index (κ2) is 13.0. The zero-order chi connectivity index (χ0) is 26.8. The van der Waals surface area contributed by atoms with Gasteiger partial charge in [0.15, 0.2) is 18.1 Å². The van der Waals surface area contributed by atoms with E-state index in [1.807, 2.05) is 31.2 Å². The number of nitrogens with zero attached hydrogens (tertiary/aromatic N) is 1. The zero-order valence-corrected chi connectivity index (χ0v) is 21.4. The monoisotopic (exact) mass is 502 g/mol. The lowest BCUT2D eigenvalue weighted by Gasteiger charge is -2.13. The van der Waals surface area contributed by atoms with Crippen LogP contribution in [0.15, 0.2) is 64.8 Å². The molecule has 37 heavy (non-hydrogen) atoms. The van der Waals surface area contributed by atoms with E-state index in [1.54, 1.807) is 37.3 Å². The van der Waals surface area contributed by atoms with Crippen molar-refractivity contribution in [3.8, 4) is 23.3 Å². The maximum atomic E-state index is 12.5. The van der Waals surface area contributed by atoms with Gasteiger partial charge in [0.05, 0.1) is 19.4 Å². The predicted molar refractivity (Wildman–Crippen MR) is 138 cm³/mol. The number of hydrogen-bond acceptors (Lipinski definition) is 7. The van der Waals surface area contributed by atoms with Crippen LogP contribution in [0.3, 0.4) is 0 Å². The van der Waals surface area contributed by atoms with E-state index in [1.165, 1.54) is 17.9 Å². The van der Waals surface area contributed by atoms with Gasteiger partial charge >= 0.3 is 5.97 Å². The number of rotatable bonds is 11. The molecule has 0 aliphatic heterocycles. The molecule has 8 heteroatoms. The standard InChI is InChI=1S/C29H30N2O6/c1-5-34-27-15-21(14-22(16-30)29(33)31-17-24-7-6-12-35-24)8-11-26(27)37-28(32)18-36-23-9-10-25(19(2)3)20(4)13-23/h6-15,19H,5,17-18H2,1-4H3,(H,31,33)/b22-14+. The Morgan fingerprint density at radius 1 is 1.11 bits per heavy atom. The fourth-order valence-electron chi connectivity index (χ4n) is 3.64. The molecule has 3 aromatic rings. The first-order valence-electron chi connectivity index (χ1n) is 11.9. The van der Waals surface area contributed by atoms with Crippen molar-refractivity contribution in [2.24, 2.45) is 0 Å². The summed E-state index contributed by atoms with van der Waals surface area (Å²) in [5, 5.41) is 12.1. The molecule has 0 spiro atoms. The number of carbonyl (C=O) groups is 2. The highest BCUT2D eigenvalue weighted by Crippen LogP contribution is 2.30. The molecule has 0 unspecified atom stereocenters. The molecule has 3 rings (SSSR count). The van der Waals surface area contributed by atoms with Crippen LogP contribution in [0.2, 0.25) is 0 Å². The third-order valence-electron chi connectivity index (χ3n) is 5.39. The number of amides is 1. The van der Waals surface area contributed by atoms with Crippen molar-refractivity contribution < 1.29 is 28.2 Å². The molecule has 0 bridgehead atoms. The van der Waals surface area contributed by atoms with E-state index in [2.05, 4.69) is 19.2 Å². The minimum Gasteiger partial charge on any atom is -0.490 e. The van der Waals surface area contributed by atoms with E-state index in [-0.39, 0.29) is 24.5 Å². The van der Waals surface area contributed by atoms with Crippen molar-refractivity contribution in [1.82, 2.24) is 5.32 Å². The third-order valence-corrected chi connectivity index (χ3v) is 5.39. The SMILES string of the molecule is CCOc1cc(/C=C(\C#N)C(=O)NCc2ccco2)ccc1OC(=O)COc1ccc(C(C)C)c(C)c1. The molecule has 0 radical (unpaired) electrons. The fraction of sp³-hybridized carbons (Fsp3) is 0.276. The van der Waals surface area contributed by atoms with Crippen LogP contribution >= 0.6 is 0 Å². The minimum atomic E-state index is -0.593. The van der Waals surface area contributed by atoms with Gasteiger partial charge in [-0.25, -0.2) is 4.79 Å². The minimum absolute atomic E-state index is 0.0917. The first kappa shape index (κ1) is 27.1. The van der Waals surface area contributed by atoms with Crippen LogP contribution in [-0.4, -0.2) is 25.1 Å². The normalized spacial score (nSPS) is 11.1. The Hall–Kier alpha value is -4.51. The number of nitrogens with one attached hydrogen (secondary N) is 1. The summed E-state index contributed by atoms with van der Waals surface area (Å²) in [5.41, 5.74) is 2.75. The molecule has 1 aromatic heterocycles. The van der Waals surface area contributed by atoms with Crippen LogP contribution in [0.1, 0.15) is 49.1 Å². The van der Waals surface area contributed by atoms with Gasteiger partial charge in [0.25, 0.3) is 5.91 Å². The Balaban J connectivity index is 1.66. The summed E-state index contributed by atoms with van der Waals surface area (Å²) in [6.45, 7) is 8.25. The van der Waals surface area contributed by atoms with Gasteiger partial charge in [0, 0.05) is 0 Å². The van der Waals surface area contributed by atoms with E-state index in [4.69, 9.17) is 18.6 Å². The summed E-state index contributed by atoms with van der Waals surface area (Å²) in [6.07, 6.45) is 2.93. The van der Waals surface area contributed by atoms with Gasteiger partial charge in [-0.1, -0.05) is 26.0 Å². The van der Waals surface area contributed by atoms with E-state index < -0.39 is 11.9 Å². The van der Waals surface area contributed by atoms with E-state index in [0.29, 0.717) is 35.3 Å². The molecule has 0 aliphatic carbocycles. The Bertz CT molecular complexity index is 1300. The summed E-state index contributed by atoms with van der Waals surface area (Å²) < 4.78 is 21.9. The highest BCUT2D eigenvalue weighted by Gasteiger charge is 2.15. The molecule has 0 fully saturated rings. The maximum absolute atomic E-state index is 12.5. The van der Waals surface area contributed by atoms with E-state index >= 15 is 0 Å². The van der Waals surface area contributed by atoms with Crippen molar-refractivity contribution >= 4 is 18.0 Å². The maximum Gasteiger partial charge on any atom is 0.349 e. The van der Waals surface area contributed by atoms with Crippen LogP contribution in [0.5, 0.6) is 17.2 Å². The Kier molecular flexibility index (Phi) is 9.50. The molecular formula is C29H30N2O6. The first-order chi connectivity index (χ1) is 17.8. The predicted octanol–water partition coefficient (Wildman–Crippen LogP) is 5.32. The first-order valence-corrected chi connectivity index (χ1v) is 11.9. The van der Waals surface area contributed by atoms with E-state index in [0.717, 1.165) is 5.56 Å². The van der Waals surface area contributed by atoms with Crippen LogP contribution in [0.4, 0.5) is 0 Å². The Morgan fingerprint density at radius 3 is 2.57 bits per heavy atom. The number of furan rings is 1. The highest BCUT2D eigenvalue weighted by molar-refractivity contribution is 6.01.